The predicted octanol–water partition coefficient (Wildman–Crippen LogP) is 2.04. The summed E-state index contributed by atoms with van der Waals surface area (Å²) >= 11 is 0. The number of benzene rings is 1. The zero-order valence-electron chi connectivity index (χ0n) is 11.3. The van der Waals surface area contributed by atoms with E-state index in [4.69, 9.17) is 9.72 Å². The summed E-state index contributed by atoms with van der Waals surface area (Å²) in [6.45, 7) is 2.53. The van der Waals surface area contributed by atoms with Crippen LogP contribution in [0.3, 0.4) is 0 Å². The molecule has 1 aromatic carbocycles. The van der Waals surface area contributed by atoms with Gasteiger partial charge in [-0.1, -0.05) is 0 Å². The topological polar surface area (TPSA) is 39.1 Å². The first-order valence-corrected chi connectivity index (χ1v) is 7.30. The molecule has 1 unspecified atom stereocenters. The second-order valence-corrected chi connectivity index (χ2v) is 5.66. The van der Waals surface area contributed by atoms with Crippen LogP contribution in [-0.4, -0.2) is 35.4 Å². The maximum Gasteiger partial charge on any atom is 0.125 e. The Kier molecular flexibility index (Phi) is 2.97. The molecule has 1 N–H and O–H groups in total. The van der Waals surface area contributed by atoms with E-state index < -0.39 is 0 Å². The number of halogens is 1. The van der Waals surface area contributed by atoms with Crippen LogP contribution in [0.15, 0.2) is 18.2 Å². The van der Waals surface area contributed by atoms with Crippen molar-refractivity contribution in [3.8, 4) is 0 Å². The summed E-state index contributed by atoms with van der Waals surface area (Å²) in [5.74, 6) is 0.836. The van der Waals surface area contributed by atoms with Crippen molar-refractivity contribution in [1.29, 1.82) is 0 Å². The Bertz CT molecular complexity index is 629. The van der Waals surface area contributed by atoms with Crippen LogP contribution < -0.4 is 5.32 Å². The molecule has 2 fully saturated rings. The number of ether oxygens (including phenoxy) is 1. The molecule has 0 spiro atoms. The molecule has 0 amide bonds. The van der Waals surface area contributed by atoms with Gasteiger partial charge in [0.15, 0.2) is 0 Å². The highest BCUT2D eigenvalue weighted by Crippen LogP contribution is 2.39. The molecule has 0 bridgehead atoms. The van der Waals surface area contributed by atoms with Crippen LogP contribution in [0.1, 0.15) is 24.7 Å². The largest absolute Gasteiger partial charge is 0.375 e. The summed E-state index contributed by atoms with van der Waals surface area (Å²) in [4.78, 5) is 4.70. The summed E-state index contributed by atoms with van der Waals surface area (Å²) in [7, 11) is 0. The van der Waals surface area contributed by atoms with Crippen molar-refractivity contribution < 1.29 is 9.13 Å². The second kappa shape index (κ2) is 4.82. The molecule has 2 heterocycles. The predicted molar refractivity (Wildman–Crippen MR) is 74.3 cm³/mol. The van der Waals surface area contributed by atoms with E-state index in [9.17, 15) is 4.39 Å². The lowest BCUT2D eigenvalue weighted by molar-refractivity contribution is 0.0276. The van der Waals surface area contributed by atoms with Crippen LogP contribution in [-0.2, 0) is 11.2 Å². The van der Waals surface area contributed by atoms with Gasteiger partial charge >= 0.3 is 0 Å². The number of rotatable bonds is 3. The highest BCUT2D eigenvalue weighted by atomic mass is 19.1. The molecule has 106 valence electrons. The van der Waals surface area contributed by atoms with Crippen LogP contribution >= 0.6 is 0 Å². The van der Waals surface area contributed by atoms with E-state index in [1.54, 1.807) is 12.1 Å². The molecule has 1 atom stereocenters. The third-order valence-corrected chi connectivity index (χ3v) is 4.05. The Hall–Kier alpha value is -1.46. The lowest BCUT2D eigenvalue weighted by Crippen LogP contribution is -2.40. The number of aromatic nitrogens is 2. The van der Waals surface area contributed by atoms with Gasteiger partial charge in [0, 0.05) is 25.6 Å². The Morgan fingerprint density at radius 1 is 1.40 bits per heavy atom. The number of hydrogen-bond donors (Lipinski definition) is 1. The molecule has 20 heavy (non-hydrogen) atoms. The minimum atomic E-state index is -0.193. The molecule has 0 radical (unpaired) electrons. The lowest BCUT2D eigenvalue weighted by atomic mass is 10.2. The van der Waals surface area contributed by atoms with Crippen molar-refractivity contribution in [3.05, 3.63) is 29.8 Å². The van der Waals surface area contributed by atoms with Crippen LogP contribution in [0.25, 0.3) is 11.0 Å². The maximum absolute atomic E-state index is 13.5. The van der Waals surface area contributed by atoms with Gasteiger partial charge in [-0.2, -0.15) is 0 Å². The molecule has 4 nitrogen and oxygen atoms in total. The first-order valence-electron chi connectivity index (χ1n) is 7.30. The average Bonchev–Trinajstić information content (AvgIpc) is 3.23. The summed E-state index contributed by atoms with van der Waals surface area (Å²) in [6.07, 6.45) is 3.29. The van der Waals surface area contributed by atoms with Gasteiger partial charge in [-0.25, -0.2) is 9.37 Å². The second-order valence-electron chi connectivity index (χ2n) is 5.66. The van der Waals surface area contributed by atoms with Crippen molar-refractivity contribution >= 4 is 11.0 Å². The zero-order chi connectivity index (χ0) is 13.5. The third kappa shape index (κ3) is 2.21. The Labute approximate surface area is 116 Å². The van der Waals surface area contributed by atoms with Crippen LogP contribution in [0.2, 0.25) is 0 Å². The minimum absolute atomic E-state index is 0.169. The SMILES string of the molecule is Fc1ccc2nc(CC3CNCCO3)n(C3CC3)c2c1. The van der Waals surface area contributed by atoms with Crippen LogP contribution in [0.5, 0.6) is 0 Å². The molecular formula is C15H18FN3O. The number of nitrogens with zero attached hydrogens (tertiary/aromatic N) is 2. The zero-order valence-corrected chi connectivity index (χ0v) is 11.3. The number of morpholine rings is 1. The number of imidazole rings is 1. The fourth-order valence-electron chi connectivity index (χ4n) is 2.95. The lowest BCUT2D eigenvalue weighted by Gasteiger charge is -2.23. The van der Waals surface area contributed by atoms with Crippen LogP contribution in [0.4, 0.5) is 4.39 Å². The number of fused-ring (bicyclic) bond motifs is 1. The van der Waals surface area contributed by atoms with Crippen molar-refractivity contribution in [2.24, 2.45) is 0 Å². The Morgan fingerprint density at radius 2 is 2.30 bits per heavy atom. The monoisotopic (exact) mass is 275 g/mol. The van der Waals surface area contributed by atoms with E-state index in [1.165, 1.54) is 18.9 Å². The fourth-order valence-corrected chi connectivity index (χ4v) is 2.95. The molecule has 1 aromatic heterocycles. The molecule has 1 saturated heterocycles. The summed E-state index contributed by atoms with van der Waals surface area (Å²) < 4.78 is 21.5. The Balaban J connectivity index is 1.72. The first kappa shape index (κ1) is 12.3. The van der Waals surface area contributed by atoms with Gasteiger partial charge in [-0.3, -0.25) is 0 Å². The standard InChI is InChI=1S/C15H18FN3O/c16-10-1-4-13-14(7-10)19(11-2-3-11)15(18-13)8-12-9-17-5-6-20-12/h1,4,7,11-12,17H,2-3,5-6,8-9H2. The highest BCUT2D eigenvalue weighted by Gasteiger charge is 2.29. The maximum atomic E-state index is 13.5. The van der Waals surface area contributed by atoms with Crippen molar-refractivity contribution in [2.75, 3.05) is 19.7 Å². The van der Waals surface area contributed by atoms with E-state index in [1.807, 2.05) is 0 Å². The van der Waals surface area contributed by atoms with Crippen molar-refractivity contribution in [1.82, 2.24) is 14.9 Å². The number of hydrogen-bond acceptors (Lipinski definition) is 3. The third-order valence-electron chi connectivity index (χ3n) is 4.05. The van der Waals surface area contributed by atoms with Gasteiger partial charge in [0.25, 0.3) is 0 Å². The van der Waals surface area contributed by atoms with Gasteiger partial charge < -0.3 is 14.6 Å². The van der Waals surface area contributed by atoms with E-state index in [2.05, 4.69) is 9.88 Å². The summed E-state index contributed by atoms with van der Waals surface area (Å²) in [6, 6.07) is 5.35. The van der Waals surface area contributed by atoms with E-state index >= 15 is 0 Å². The van der Waals surface area contributed by atoms with Gasteiger partial charge in [0.1, 0.15) is 11.6 Å². The molecule has 5 heteroatoms. The quantitative estimate of drug-likeness (QED) is 0.931. The highest BCUT2D eigenvalue weighted by molar-refractivity contribution is 5.76. The summed E-state index contributed by atoms with van der Waals surface area (Å²) in [5.41, 5.74) is 1.81. The normalized spacial score (nSPS) is 23.4. The van der Waals surface area contributed by atoms with E-state index in [0.29, 0.717) is 6.04 Å². The molecule has 1 saturated carbocycles. The molecule has 1 aliphatic heterocycles. The van der Waals surface area contributed by atoms with Gasteiger partial charge in [-0.15, -0.1) is 0 Å². The Morgan fingerprint density at radius 3 is 3.05 bits per heavy atom. The molecular weight excluding hydrogens is 257 g/mol. The first-order chi connectivity index (χ1) is 9.81. The minimum Gasteiger partial charge on any atom is -0.375 e. The number of nitrogens with one attached hydrogen (secondary N) is 1. The van der Waals surface area contributed by atoms with E-state index in [0.717, 1.165) is 43.0 Å². The van der Waals surface area contributed by atoms with Gasteiger partial charge in [0.05, 0.1) is 23.7 Å². The van der Waals surface area contributed by atoms with Gasteiger partial charge in [-0.05, 0) is 31.0 Å². The van der Waals surface area contributed by atoms with Crippen molar-refractivity contribution in [3.63, 3.8) is 0 Å². The molecule has 1 aliphatic carbocycles. The van der Waals surface area contributed by atoms with Gasteiger partial charge in [0.2, 0.25) is 0 Å². The molecule has 4 rings (SSSR count). The van der Waals surface area contributed by atoms with Crippen LogP contribution in [0, 0.1) is 5.82 Å². The smallest absolute Gasteiger partial charge is 0.125 e. The molecule has 2 aliphatic rings. The fraction of sp³-hybridized carbons (Fsp3) is 0.533. The van der Waals surface area contributed by atoms with Crippen molar-refractivity contribution in [2.45, 2.75) is 31.4 Å². The molecule has 2 aromatic rings. The average molecular weight is 275 g/mol. The van der Waals surface area contributed by atoms with E-state index in [-0.39, 0.29) is 11.9 Å². The summed E-state index contributed by atoms with van der Waals surface area (Å²) in [5, 5.41) is 3.34.